The molecule has 0 unspecified atom stereocenters. The van der Waals surface area contributed by atoms with Crippen LogP contribution in [0.15, 0.2) is 24.3 Å². The number of rotatable bonds is 4. The van der Waals surface area contributed by atoms with Crippen molar-refractivity contribution in [1.82, 2.24) is 0 Å². The Morgan fingerprint density at radius 1 is 1.55 bits per heavy atom. The summed E-state index contributed by atoms with van der Waals surface area (Å²) in [5.41, 5.74) is 5.79. The molecule has 4 nitrogen and oxygen atoms in total. The van der Waals surface area contributed by atoms with E-state index in [1.54, 1.807) is 29.2 Å². The van der Waals surface area contributed by atoms with Crippen molar-refractivity contribution < 1.29 is 9.90 Å². The zero-order chi connectivity index (χ0) is 14.9. The number of carbonyl (C=O) groups excluding carboxylic acids is 1. The molecule has 1 saturated carbocycles. The quantitative estimate of drug-likeness (QED) is 0.837. The first-order chi connectivity index (χ1) is 9.40. The van der Waals surface area contributed by atoms with Crippen LogP contribution in [-0.4, -0.2) is 22.5 Å². The molecule has 1 aromatic carbocycles. The van der Waals surface area contributed by atoms with E-state index in [0.29, 0.717) is 31.0 Å². The largest absolute Gasteiger partial charge is 0.508 e. The van der Waals surface area contributed by atoms with Crippen LogP contribution in [0.25, 0.3) is 0 Å². The fraction of sp³-hybridized carbons (Fsp3) is 0.467. The Morgan fingerprint density at radius 2 is 2.20 bits per heavy atom. The topological polar surface area (TPSA) is 66.6 Å². The molecule has 1 aliphatic rings. The first-order valence-corrected chi connectivity index (χ1v) is 7.22. The summed E-state index contributed by atoms with van der Waals surface area (Å²) in [6, 6.07) is 6.68. The average molecular weight is 292 g/mol. The number of benzene rings is 1. The van der Waals surface area contributed by atoms with Crippen molar-refractivity contribution in [2.45, 2.75) is 26.7 Å². The van der Waals surface area contributed by atoms with Gasteiger partial charge in [0.2, 0.25) is 5.91 Å². The van der Waals surface area contributed by atoms with Crippen molar-refractivity contribution in [3.05, 3.63) is 24.3 Å². The van der Waals surface area contributed by atoms with Crippen LogP contribution in [0.1, 0.15) is 26.7 Å². The summed E-state index contributed by atoms with van der Waals surface area (Å²) < 4.78 is 0. The van der Waals surface area contributed by atoms with Gasteiger partial charge in [-0.1, -0.05) is 25.2 Å². The van der Waals surface area contributed by atoms with Crippen LogP contribution >= 0.6 is 12.2 Å². The SMILES string of the molecule is CCN(C(=O)C1(C(N)=S)CC(C)C1)c1cccc(O)c1. The van der Waals surface area contributed by atoms with Gasteiger partial charge in [0, 0.05) is 18.3 Å². The summed E-state index contributed by atoms with van der Waals surface area (Å²) in [6.07, 6.45) is 1.41. The smallest absolute Gasteiger partial charge is 0.240 e. The highest BCUT2D eigenvalue weighted by Gasteiger charge is 2.52. The zero-order valence-electron chi connectivity index (χ0n) is 11.8. The Balaban J connectivity index is 2.32. The van der Waals surface area contributed by atoms with E-state index in [-0.39, 0.29) is 16.6 Å². The molecule has 2 rings (SSSR count). The molecule has 0 atom stereocenters. The van der Waals surface area contributed by atoms with Gasteiger partial charge in [-0.2, -0.15) is 0 Å². The Morgan fingerprint density at radius 3 is 2.65 bits per heavy atom. The second kappa shape index (κ2) is 5.40. The Kier molecular flexibility index (Phi) is 3.99. The maximum Gasteiger partial charge on any atom is 0.240 e. The number of aromatic hydroxyl groups is 1. The lowest BCUT2D eigenvalue weighted by atomic mass is 9.61. The van der Waals surface area contributed by atoms with Crippen LogP contribution < -0.4 is 10.6 Å². The summed E-state index contributed by atoms with van der Waals surface area (Å²) in [7, 11) is 0. The number of phenols is 1. The van der Waals surface area contributed by atoms with Crippen LogP contribution in [0, 0.1) is 11.3 Å². The number of amides is 1. The third-order valence-electron chi connectivity index (χ3n) is 3.98. The van der Waals surface area contributed by atoms with Gasteiger partial charge in [0.15, 0.2) is 0 Å². The highest BCUT2D eigenvalue weighted by molar-refractivity contribution is 7.80. The number of hydrogen-bond donors (Lipinski definition) is 2. The number of thiocarbonyl (C=S) groups is 1. The molecular weight excluding hydrogens is 272 g/mol. The number of anilines is 1. The molecule has 0 spiro atoms. The number of phenolic OH excluding ortho intramolecular Hbond substituents is 1. The third-order valence-corrected chi connectivity index (χ3v) is 4.37. The van der Waals surface area contributed by atoms with Gasteiger partial charge in [0.1, 0.15) is 5.75 Å². The number of hydrogen-bond acceptors (Lipinski definition) is 3. The molecule has 20 heavy (non-hydrogen) atoms. The molecule has 1 fully saturated rings. The monoisotopic (exact) mass is 292 g/mol. The highest BCUT2D eigenvalue weighted by atomic mass is 32.1. The van der Waals surface area contributed by atoms with Crippen molar-refractivity contribution in [2.24, 2.45) is 17.1 Å². The fourth-order valence-corrected chi connectivity index (χ4v) is 3.23. The average Bonchev–Trinajstić information content (AvgIpc) is 2.35. The van der Waals surface area contributed by atoms with Gasteiger partial charge in [0.05, 0.1) is 10.4 Å². The number of carbonyl (C=O) groups is 1. The van der Waals surface area contributed by atoms with Crippen molar-refractivity contribution in [3.8, 4) is 5.75 Å². The molecule has 0 radical (unpaired) electrons. The van der Waals surface area contributed by atoms with Crippen molar-refractivity contribution in [3.63, 3.8) is 0 Å². The summed E-state index contributed by atoms with van der Waals surface area (Å²) in [5.74, 6) is 0.541. The third kappa shape index (κ3) is 2.38. The molecule has 5 heteroatoms. The molecule has 0 aromatic heterocycles. The van der Waals surface area contributed by atoms with Gasteiger partial charge in [-0.15, -0.1) is 0 Å². The molecule has 0 heterocycles. The summed E-state index contributed by atoms with van der Waals surface area (Å²) >= 11 is 5.13. The minimum absolute atomic E-state index is 0.0591. The van der Waals surface area contributed by atoms with Crippen LogP contribution in [0.5, 0.6) is 5.75 Å². The number of nitrogens with zero attached hydrogens (tertiary/aromatic N) is 1. The molecule has 0 aliphatic heterocycles. The predicted octanol–water partition coefficient (Wildman–Crippen LogP) is 2.45. The molecule has 1 aliphatic carbocycles. The number of nitrogens with two attached hydrogens (primary N) is 1. The minimum Gasteiger partial charge on any atom is -0.508 e. The van der Waals surface area contributed by atoms with Crippen molar-refractivity contribution in [1.29, 1.82) is 0 Å². The Bertz CT molecular complexity index is 538. The van der Waals surface area contributed by atoms with Gasteiger partial charge < -0.3 is 15.7 Å². The standard InChI is InChI=1S/C15H20N2O2S/c1-3-17(11-5-4-6-12(18)7-11)14(19)15(13(16)20)8-10(2)9-15/h4-7,10,18H,3,8-9H2,1-2H3,(H2,16,20). The zero-order valence-corrected chi connectivity index (χ0v) is 12.6. The van der Waals surface area contributed by atoms with Gasteiger partial charge in [0.25, 0.3) is 0 Å². The lowest BCUT2D eigenvalue weighted by molar-refractivity contribution is -0.130. The van der Waals surface area contributed by atoms with E-state index in [2.05, 4.69) is 6.92 Å². The van der Waals surface area contributed by atoms with Gasteiger partial charge in [-0.05, 0) is 37.8 Å². The molecule has 108 valence electrons. The van der Waals surface area contributed by atoms with E-state index in [1.165, 1.54) is 0 Å². The first-order valence-electron chi connectivity index (χ1n) is 6.81. The van der Waals surface area contributed by atoms with Crippen LogP contribution in [0.4, 0.5) is 5.69 Å². The van der Waals surface area contributed by atoms with Gasteiger partial charge in [-0.25, -0.2) is 0 Å². The Labute approximate surface area is 124 Å². The highest BCUT2D eigenvalue weighted by Crippen LogP contribution is 2.47. The molecule has 0 bridgehead atoms. The van der Waals surface area contributed by atoms with Crippen molar-refractivity contribution >= 4 is 28.8 Å². The maximum absolute atomic E-state index is 12.9. The maximum atomic E-state index is 12.9. The van der Waals surface area contributed by atoms with Crippen LogP contribution in [0.2, 0.25) is 0 Å². The normalized spacial score (nSPS) is 24.8. The lowest BCUT2D eigenvalue weighted by Gasteiger charge is -2.46. The predicted molar refractivity (Wildman–Crippen MR) is 83.8 cm³/mol. The van der Waals surface area contributed by atoms with Crippen LogP contribution in [-0.2, 0) is 4.79 Å². The van der Waals surface area contributed by atoms with E-state index >= 15 is 0 Å². The van der Waals surface area contributed by atoms with Crippen LogP contribution in [0.3, 0.4) is 0 Å². The Hall–Kier alpha value is -1.62. The second-order valence-corrected chi connectivity index (χ2v) is 5.97. The minimum atomic E-state index is -0.712. The van der Waals surface area contributed by atoms with E-state index in [1.807, 2.05) is 6.92 Å². The first kappa shape index (κ1) is 14.8. The van der Waals surface area contributed by atoms with E-state index in [0.717, 1.165) is 0 Å². The van der Waals surface area contributed by atoms with Gasteiger partial charge in [-0.3, -0.25) is 4.79 Å². The van der Waals surface area contributed by atoms with E-state index in [9.17, 15) is 9.90 Å². The van der Waals surface area contributed by atoms with Crippen molar-refractivity contribution in [2.75, 3.05) is 11.4 Å². The lowest BCUT2D eigenvalue weighted by Crippen LogP contribution is -2.57. The molecule has 0 saturated heterocycles. The van der Waals surface area contributed by atoms with Gasteiger partial charge >= 0.3 is 0 Å². The molecule has 1 amide bonds. The second-order valence-electron chi connectivity index (χ2n) is 5.53. The molecular formula is C15H20N2O2S. The summed E-state index contributed by atoms with van der Waals surface area (Å²) in [5, 5.41) is 9.58. The summed E-state index contributed by atoms with van der Waals surface area (Å²) in [6.45, 7) is 4.51. The fourth-order valence-electron chi connectivity index (χ4n) is 2.97. The molecule has 1 aromatic rings. The molecule has 3 N–H and O–H groups in total. The van der Waals surface area contributed by atoms with E-state index in [4.69, 9.17) is 18.0 Å². The van der Waals surface area contributed by atoms with E-state index < -0.39 is 5.41 Å². The summed E-state index contributed by atoms with van der Waals surface area (Å²) in [4.78, 5) is 14.8.